The molecule has 0 spiro atoms. The van der Waals surface area contributed by atoms with Crippen LogP contribution >= 0.6 is 0 Å². The highest BCUT2D eigenvalue weighted by molar-refractivity contribution is 5.92. The van der Waals surface area contributed by atoms with E-state index in [0.717, 1.165) is 11.3 Å². The van der Waals surface area contributed by atoms with Crippen molar-refractivity contribution in [1.29, 1.82) is 0 Å². The Morgan fingerprint density at radius 1 is 1.33 bits per heavy atom. The Kier molecular flexibility index (Phi) is 4.07. The number of hydrogen-bond acceptors (Lipinski definition) is 4. The number of pyridine rings is 1. The molecule has 21 heavy (non-hydrogen) atoms. The molecule has 2 aromatic rings. The smallest absolute Gasteiger partial charge is 0.290 e. The average Bonchev–Trinajstić information content (AvgIpc) is 2.95. The number of aromatic nitrogens is 3. The van der Waals surface area contributed by atoms with Crippen molar-refractivity contribution in [1.82, 2.24) is 26.0 Å². The van der Waals surface area contributed by atoms with Crippen molar-refractivity contribution in [3.05, 3.63) is 54.1 Å². The molecule has 0 aromatic carbocycles. The lowest BCUT2D eigenvalue weighted by atomic mass is 9.92. The molecule has 0 aliphatic carbocycles. The number of carbonyl (C=O) groups is 1. The summed E-state index contributed by atoms with van der Waals surface area (Å²) in [6.45, 7) is 9.98. The lowest BCUT2D eigenvalue weighted by molar-refractivity contribution is 0.0937. The van der Waals surface area contributed by atoms with Crippen molar-refractivity contribution in [2.45, 2.75) is 26.2 Å². The molecule has 110 valence electrons. The minimum atomic E-state index is -0.327. The first-order valence-electron chi connectivity index (χ1n) is 6.59. The second-order valence-corrected chi connectivity index (χ2v) is 5.72. The molecule has 2 rings (SSSR count). The molecule has 0 saturated heterocycles. The number of hydrazine groups is 1. The zero-order chi connectivity index (χ0) is 15.5. The molecule has 0 aliphatic heterocycles. The van der Waals surface area contributed by atoms with Crippen molar-refractivity contribution in [3.8, 4) is 0 Å². The number of aromatic amines is 1. The van der Waals surface area contributed by atoms with Gasteiger partial charge in [0.2, 0.25) is 0 Å². The largest absolute Gasteiger partial charge is 0.298 e. The predicted molar refractivity (Wildman–Crippen MR) is 81.2 cm³/mol. The number of nitrogens with one attached hydrogen (secondary N) is 3. The quantitative estimate of drug-likeness (QED) is 0.750. The molecule has 0 aliphatic rings. The van der Waals surface area contributed by atoms with Gasteiger partial charge in [-0.2, -0.15) is 5.10 Å². The Morgan fingerprint density at radius 3 is 2.67 bits per heavy atom. The number of hydrogen-bond donors (Lipinski definition) is 3. The van der Waals surface area contributed by atoms with E-state index >= 15 is 0 Å². The average molecular weight is 285 g/mol. The molecule has 1 amide bonds. The summed E-state index contributed by atoms with van der Waals surface area (Å²) in [5.41, 5.74) is 7.82. The van der Waals surface area contributed by atoms with Crippen LogP contribution in [-0.4, -0.2) is 21.1 Å². The molecule has 2 heterocycles. The molecule has 6 heteroatoms. The zero-order valence-corrected chi connectivity index (χ0v) is 12.4. The SMILES string of the molecule is C=C(NNC(=O)c1cc(C(C)(C)C)[nH]n1)c1cccnc1. The molecule has 0 fully saturated rings. The van der Waals surface area contributed by atoms with Crippen molar-refractivity contribution in [2.24, 2.45) is 0 Å². The number of H-pyrrole nitrogens is 1. The van der Waals surface area contributed by atoms with E-state index < -0.39 is 0 Å². The first-order chi connectivity index (χ1) is 9.88. The molecular weight excluding hydrogens is 266 g/mol. The highest BCUT2D eigenvalue weighted by atomic mass is 16.2. The first kappa shape index (κ1) is 14.8. The van der Waals surface area contributed by atoms with E-state index in [4.69, 9.17) is 0 Å². The van der Waals surface area contributed by atoms with Crippen LogP contribution in [0.2, 0.25) is 0 Å². The summed E-state index contributed by atoms with van der Waals surface area (Å²) in [6, 6.07) is 5.39. The van der Waals surface area contributed by atoms with Gasteiger partial charge in [0.05, 0.1) is 5.70 Å². The van der Waals surface area contributed by atoms with E-state index in [2.05, 4.69) is 32.6 Å². The fourth-order valence-corrected chi connectivity index (χ4v) is 1.63. The Labute approximate surface area is 123 Å². The van der Waals surface area contributed by atoms with E-state index in [-0.39, 0.29) is 11.3 Å². The van der Waals surface area contributed by atoms with Gasteiger partial charge < -0.3 is 0 Å². The van der Waals surface area contributed by atoms with Crippen LogP contribution < -0.4 is 10.9 Å². The predicted octanol–water partition coefficient (Wildman–Crippen LogP) is 2.01. The topological polar surface area (TPSA) is 82.7 Å². The second kappa shape index (κ2) is 5.78. The lowest BCUT2D eigenvalue weighted by Gasteiger charge is -2.14. The third kappa shape index (κ3) is 3.68. The summed E-state index contributed by atoms with van der Waals surface area (Å²) < 4.78 is 0. The molecule has 6 nitrogen and oxygen atoms in total. The van der Waals surface area contributed by atoms with Crippen LogP contribution in [0.5, 0.6) is 0 Å². The van der Waals surface area contributed by atoms with Gasteiger partial charge in [0.15, 0.2) is 5.69 Å². The van der Waals surface area contributed by atoms with E-state index in [0.29, 0.717) is 11.4 Å². The maximum atomic E-state index is 12.0. The number of rotatable bonds is 4. The zero-order valence-electron chi connectivity index (χ0n) is 12.4. The van der Waals surface area contributed by atoms with Crippen LogP contribution in [-0.2, 0) is 5.41 Å². The van der Waals surface area contributed by atoms with Gasteiger partial charge >= 0.3 is 0 Å². The van der Waals surface area contributed by atoms with Crippen LogP contribution in [0.15, 0.2) is 37.2 Å². The first-order valence-corrected chi connectivity index (χ1v) is 6.59. The highest BCUT2D eigenvalue weighted by Gasteiger charge is 2.19. The summed E-state index contributed by atoms with van der Waals surface area (Å²) in [5, 5.41) is 6.89. The number of amides is 1. The van der Waals surface area contributed by atoms with Crippen molar-refractivity contribution < 1.29 is 4.79 Å². The van der Waals surface area contributed by atoms with Gasteiger partial charge in [-0.25, -0.2) is 0 Å². The minimum Gasteiger partial charge on any atom is -0.298 e. The highest BCUT2D eigenvalue weighted by Crippen LogP contribution is 2.20. The second-order valence-electron chi connectivity index (χ2n) is 5.72. The van der Waals surface area contributed by atoms with Crippen molar-refractivity contribution >= 4 is 11.6 Å². The Bertz CT molecular complexity index is 640. The molecule has 3 N–H and O–H groups in total. The lowest BCUT2D eigenvalue weighted by Crippen LogP contribution is -2.36. The Morgan fingerprint density at radius 2 is 2.10 bits per heavy atom. The molecular formula is C15H19N5O. The molecule has 0 unspecified atom stereocenters. The van der Waals surface area contributed by atoms with E-state index in [1.165, 1.54) is 0 Å². The third-order valence-corrected chi connectivity index (χ3v) is 2.96. The van der Waals surface area contributed by atoms with Gasteiger partial charge in [-0.15, -0.1) is 0 Å². The van der Waals surface area contributed by atoms with E-state index in [1.54, 1.807) is 24.5 Å². The van der Waals surface area contributed by atoms with Crippen LogP contribution in [0, 0.1) is 0 Å². The summed E-state index contributed by atoms with van der Waals surface area (Å²) >= 11 is 0. The fourth-order valence-electron chi connectivity index (χ4n) is 1.63. The number of nitrogens with zero attached hydrogens (tertiary/aromatic N) is 2. The molecule has 0 saturated carbocycles. The third-order valence-electron chi connectivity index (χ3n) is 2.96. The summed E-state index contributed by atoms with van der Waals surface area (Å²) in [7, 11) is 0. The van der Waals surface area contributed by atoms with Crippen molar-refractivity contribution in [2.75, 3.05) is 0 Å². The summed E-state index contributed by atoms with van der Waals surface area (Å²) in [6.07, 6.45) is 3.33. The van der Waals surface area contributed by atoms with Crippen LogP contribution in [0.3, 0.4) is 0 Å². The maximum Gasteiger partial charge on any atom is 0.290 e. The van der Waals surface area contributed by atoms with Gasteiger partial charge in [-0.05, 0) is 18.2 Å². The molecule has 0 bridgehead atoms. The van der Waals surface area contributed by atoms with E-state index in [9.17, 15) is 4.79 Å². The van der Waals surface area contributed by atoms with E-state index in [1.807, 2.05) is 26.8 Å². The fraction of sp³-hybridized carbons (Fsp3) is 0.267. The normalized spacial score (nSPS) is 11.0. The standard InChI is InChI=1S/C15H19N5O/c1-10(11-6-5-7-16-9-11)17-20-14(21)12-8-13(19-18-12)15(2,3)4/h5-9,17H,1H2,2-4H3,(H,18,19)(H,20,21). The summed E-state index contributed by atoms with van der Waals surface area (Å²) in [4.78, 5) is 16.0. The molecule has 0 radical (unpaired) electrons. The van der Waals surface area contributed by atoms with Gasteiger partial charge in [0, 0.05) is 29.1 Å². The van der Waals surface area contributed by atoms with Gasteiger partial charge in [0.1, 0.15) is 0 Å². The van der Waals surface area contributed by atoms with Gasteiger partial charge in [-0.3, -0.25) is 25.7 Å². The Hall–Kier alpha value is -2.63. The van der Waals surface area contributed by atoms with Crippen LogP contribution in [0.4, 0.5) is 0 Å². The Balaban J connectivity index is 1.96. The molecule has 2 aromatic heterocycles. The van der Waals surface area contributed by atoms with Crippen LogP contribution in [0.25, 0.3) is 5.70 Å². The van der Waals surface area contributed by atoms with Crippen molar-refractivity contribution in [3.63, 3.8) is 0 Å². The maximum absolute atomic E-state index is 12.0. The monoisotopic (exact) mass is 285 g/mol. The minimum absolute atomic E-state index is 0.0851. The van der Waals surface area contributed by atoms with Crippen LogP contribution in [0.1, 0.15) is 42.5 Å². The van der Waals surface area contributed by atoms with Gasteiger partial charge in [0.25, 0.3) is 5.91 Å². The van der Waals surface area contributed by atoms with Gasteiger partial charge in [-0.1, -0.05) is 27.4 Å². The number of carbonyl (C=O) groups excluding carboxylic acids is 1. The summed E-state index contributed by atoms with van der Waals surface area (Å²) in [5.74, 6) is -0.327. The molecule has 0 atom stereocenters.